The van der Waals surface area contributed by atoms with Gasteiger partial charge in [0.05, 0.1) is 18.2 Å². The van der Waals surface area contributed by atoms with Gasteiger partial charge in [0.25, 0.3) is 0 Å². The number of rotatable bonds is 4. The Labute approximate surface area is 126 Å². The third kappa shape index (κ3) is 4.93. The van der Waals surface area contributed by atoms with Crippen LogP contribution in [-0.4, -0.2) is 35.0 Å². The second-order valence-electron chi connectivity index (χ2n) is 5.22. The summed E-state index contributed by atoms with van der Waals surface area (Å²) in [4.78, 5) is 21.5. The summed E-state index contributed by atoms with van der Waals surface area (Å²) in [7, 11) is 1.26. The Morgan fingerprint density at radius 2 is 2.09 bits per heavy atom. The van der Waals surface area contributed by atoms with Gasteiger partial charge in [-0.3, -0.25) is 10.1 Å². The first-order valence-corrected chi connectivity index (χ1v) is 6.21. The Balaban J connectivity index is 2.90. The number of methoxy groups -OCH3 is 1. The number of nitro benzene ring substituents is 1. The van der Waals surface area contributed by atoms with Gasteiger partial charge in [0.15, 0.2) is 5.75 Å². The zero-order valence-electron chi connectivity index (χ0n) is 12.6. The van der Waals surface area contributed by atoms with Crippen LogP contribution in [0.25, 0.3) is 0 Å². The minimum absolute atomic E-state index is 0.0760. The van der Waals surface area contributed by atoms with Crippen LogP contribution in [0, 0.1) is 10.1 Å². The molecule has 1 rings (SSSR count). The zero-order chi connectivity index (χ0) is 16.9. The molecule has 0 atom stereocenters. The van der Waals surface area contributed by atoms with E-state index in [1.807, 2.05) is 0 Å². The van der Waals surface area contributed by atoms with Gasteiger partial charge >= 0.3 is 11.8 Å². The van der Waals surface area contributed by atoms with E-state index >= 15 is 0 Å². The van der Waals surface area contributed by atoms with Crippen molar-refractivity contribution < 1.29 is 24.3 Å². The number of carbonyl (C=O) groups excluding carboxylic acids is 1. The number of hydrogen-bond donors (Lipinski definition) is 2. The number of amides is 1. The highest BCUT2D eigenvalue weighted by Crippen LogP contribution is 2.36. The van der Waals surface area contributed by atoms with Gasteiger partial charge in [-0.05, 0) is 26.8 Å². The van der Waals surface area contributed by atoms with Crippen molar-refractivity contribution in [1.82, 2.24) is 5.43 Å². The van der Waals surface area contributed by atoms with Crippen LogP contribution in [-0.2, 0) is 4.74 Å². The lowest BCUT2D eigenvalue weighted by atomic mass is 10.2. The molecule has 1 amide bonds. The van der Waals surface area contributed by atoms with E-state index in [4.69, 9.17) is 9.47 Å². The van der Waals surface area contributed by atoms with Crippen molar-refractivity contribution in [2.45, 2.75) is 26.4 Å². The third-order valence-corrected chi connectivity index (χ3v) is 2.26. The Kier molecular flexibility index (Phi) is 5.28. The topological polar surface area (TPSA) is 123 Å². The number of carbonyl (C=O) groups is 1. The van der Waals surface area contributed by atoms with Gasteiger partial charge in [0, 0.05) is 11.6 Å². The van der Waals surface area contributed by atoms with Crippen molar-refractivity contribution in [1.29, 1.82) is 0 Å². The summed E-state index contributed by atoms with van der Waals surface area (Å²) in [6.07, 6.45) is 0.405. The van der Waals surface area contributed by atoms with E-state index in [-0.39, 0.29) is 11.3 Å². The summed E-state index contributed by atoms with van der Waals surface area (Å²) in [5.74, 6) is -0.655. The minimum atomic E-state index is -0.760. The van der Waals surface area contributed by atoms with E-state index in [2.05, 4.69) is 10.5 Å². The van der Waals surface area contributed by atoms with Gasteiger partial charge in [-0.2, -0.15) is 5.10 Å². The molecular formula is C13H17N3O6. The summed E-state index contributed by atoms with van der Waals surface area (Å²) in [5, 5.41) is 24.1. The molecule has 9 heteroatoms. The summed E-state index contributed by atoms with van der Waals surface area (Å²) >= 11 is 0. The number of ether oxygens (including phenoxy) is 2. The molecule has 0 heterocycles. The van der Waals surface area contributed by atoms with Crippen LogP contribution < -0.4 is 10.2 Å². The molecule has 2 N–H and O–H groups in total. The Morgan fingerprint density at radius 3 is 2.59 bits per heavy atom. The predicted molar refractivity (Wildman–Crippen MR) is 78.3 cm³/mol. The van der Waals surface area contributed by atoms with Gasteiger partial charge in [-0.15, -0.1) is 0 Å². The fourth-order valence-corrected chi connectivity index (χ4v) is 1.44. The molecule has 0 aliphatic heterocycles. The first-order chi connectivity index (χ1) is 10.1. The lowest BCUT2D eigenvalue weighted by Gasteiger charge is -2.18. The number of phenolic OH excluding ortho intramolecular Hbond substituents is 1. The standard InChI is InChI=1S/C13H17N3O6/c1-13(2,3)22-12(18)15-14-7-8-5-9(16(19)20)11(17)10(6-8)21-4/h5-7,17H,1-4H3,(H,15,18)/b14-7-. The maximum Gasteiger partial charge on any atom is 0.428 e. The van der Waals surface area contributed by atoms with Crippen LogP contribution in [0.1, 0.15) is 26.3 Å². The molecule has 1 aromatic rings. The van der Waals surface area contributed by atoms with Crippen molar-refractivity contribution in [3.05, 3.63) is 27.8 Å². The van der Waals surface area contributed by atoms with Crippen molar-refractivity contribution in [2.75, 3.05) is 7.11 Å². The first-order valence-electron chi connectivity index (χ1n) is 6.21. The number of nitrogens with zero attached hydrogens (tertiary/aromatic N) is 2. The maximum atomic E-state index is 11.4. The quantitative estimate of drug-likeness (QED) is 0.499. The Bertz CT molecular complexity index is 607. The second-order valence-corrected chi connectivity index (χ2v) is 5.22. The minimum Gasteiger partial charge on any atom is -0.500 e. The molecule has 0 aliphatic carbocycles. The molecule has 0 saturated carbocycles. The fourth-order valence-electron chi connectivity index (χ4n) is 1.44. The molecule has 1 aromatic carbocycles. The zero-order valence-corrected chi connectivity index (χ0v) is 12.6. The number of nitro groups is 1. The molecule has 9 nitrogen and oxygen atoms in total. The molecular weight excluding hydrogens is 294 g/mol. The molecule has 22 heavy (non-hydrogen) atoms. The van der Waals surface area contributed by atoms with Crippen LogP contribution in [0.3, 0.4) is 0 Å². The average molecular weight is 311 g/mol. The van der Waals surface area contributed by atoms with E-state index in [1.165, 1.54) is 19.4 Å². The molecule has 0 saturated heterocycles. The van der Waals surface area contributed by atoms with Crippen LogP contribution in [0.5, 0.6) is 11.5 Å². The smallest absolute Gasteiger partial charge is 0.428 e. The van der Waals surface area contributed by atoms with Crippen molar-refractivity contribution >= 4 is 18.0 Å². The SMILES string of the molecule is COc1cc(/C=N\NC(=O)OC(C)(C)C)cc([N+](=O)[O-])c1O. The van der Waals surface area contributed by atoms with E-state index < -0.39 is 28.1 Å². The Morgan fingerprint density at radius 1 is 1.45 bits per heavy atom. The summed E-state index contributed by atoms with van der Waals surface area (Å²) in [6, 6.07) is 2.43. The lowest BCUT2D eigenvalue weighted by Crippen LogP contribution is -2.29. The van der Waals surface area contributed by atoms with Crippen LogP contribution in [0.2, 0.25) is 0 Å². The largest absolute Gasteiger partial charge is 0.500 e. The highest BCUT2D eigenvalue weighted by Gasteiger charge is 2.19. The average Bonchev–Trinajstić information content (AvgIpc) is 2.37. The van der Waals surface area contributed by atoms with Crippen molar-refractivity contribution in [2.24, 2.45) is 5.10 Å². The fraction of sp³-hybridized carbons (Fsp3) is 0.385. The van der Waals surface area contributed by atoms with E-state index in [9.17, 15) is 20.0 Å². The van der Waals surface area contributed by atoms with Gasteiger partial charge in [-0.25, -0.2) is 10.2 Å². The highest BCUT2D eigenvalue weighted by molar-refractivity contribution is 5.84. The van der Waals surface area contributed by atoms with E-state index in [0.29, 0.717) is 0 Å². The Hall–Kier alpha value is -2.84. The normalized spacial score (nSPS) is 11.3. The number of nitrogens with one attached hydrogen (secondary N) is 1. The van der Waals surface area contributed by atoms with Crippen LogP contribution in [0.15, 0.2) is 17.2 Å². The number of hydrazone groups is 1. The van der Waals surface area contributed by atoms with Gasteiger partial charge in [0.2, 0.25) is 5.75 Å². The van der Waals surface area contributed by atoms with Gasteiger partial charge in [-0.1, -0.05) is 0 Å². The van der Waals surface area contributed by atoms with Crippen molar-refractivity contribution in [3.8, 4) is 11.5 Å². The number of benzene rings is 1. The third-order valence-electron chi connectivity index (χ3n) is 2.26. The van der Waals surface area contributed by atoms with E-state index in [1.54, 1.807) is 20.8 Å². The van der Waals surface area contributed by atoms with E-state index in [0.717, 1.165) is 6.07 Å². The van der Waals surface area contributed by atoms with Gasteiger partial charge in [0.1, 0.15) is 5.60 Å². The molecule has 0 fully saturated rings. The molecule has 0 aromatic heterocycles. The molecule has 120 valence electrons. The summed E-state index contributed by atoms with van der Waals surface area (Å²) < 4.78 is 9.81. The molecule has 0 spiro atoms. The lowest BCUT2D eigenvalue weighted by molar-refractivity contribution is -0.386. The summed E-state index contributed by atoms with van der Waals surface area (Å²) in [6.45, 7) is 5.10. The first kappa shape index (κ1) is 17.2. The van der Waals surface area contributed by atoms with Crippen LogP contribution >= 0.6 is 0 Å². The predicted octanol–water partition coefficient (Wildman–Crippen LogP) is 2.17. The van der Waals surface area contributed by atoms with Crippen LogP contribution in [0.4, 0.5) is 10.5 Å². The molecule has 0 bridgehead atoms. The molecule has 0 radical (unpaired) electrons. The monoisotopic (exact) mass is 311 g/mol. The molecule has 0 unspecified atom stereocenters. The number of aromatic hydroxyl groups is 1. The molecule has 0 aliphatic rings. The number of hydrogen-bond acceptors (Lipinski definition) is 7. The highest BCUT2D eigenvalue weighted by atomic mass is 16.6. The van der Waals surface area contributed by atoms with Gasteiger partial charge < -0.3 is 14.6 Å². The number of phenols is 1. The maximum absolute atomic E-state index is 11.4. The van der Waals surface area contributed by atoms with Crippen molar-refractivity contribution in [3.63, 3.8) is 0 Å². The second kappa shape index (κ2) is 6.74. The summed E-state index contributed by atoms with van der Waals surface area (Å²) in [5.41, 5.74) is 1.19.